The van der Waals surface area contributed by atoms with Gasteiger partial charge in [0, 0.05) is 5.56 Å². The van der Waals surface area contributed by atoms with Gasteiger partial charge in [0.25, 0.3) is 0 Å². The Bertz CT molecular complexity index is 666. The van der Waals surface area contributed by atoms with E-state index in [-0.39, 0.29) is 0 Å². The van der Waals surface area contributed by atoms with Crippen molar-refractivity contribution < 1.29 is 4.74 Å². The molecule has 1 aliphatic carbocycles. The molecule has 0 radical (unpaired) electrons. The summed E-state index contributed by atoms with van der Waals surface area (Å²) in [5.41, 5.74) is 6.67. The molecule has 0 heterocycles. The molecule has 21 heavy (non-hydrogen) atoms. The van der Waals surface area contributed by atoms with Crippen LogP contribution in [0.5, 0.6) is 5.75 Å². The smallest absolute Gasteiger partial charge is 0.127 e. The SMILES string of the molecule is CC1=Cc2ccc(OCC(C)C)c(-c3ccccc3)c2C1. The van der Waals surface area contributed by atoms with Gasteiger partial charge < -0.3 is 4.74 Å². The molecule has 0 saturated carbocycles. The minimum Gasteiger partial charge on any atom is -0.493 e. The average Bonchev–Trinajstić information content (AvgIpc) is 2.85. The summed E-state index contributed by atoms with van der Waals surface area (Å²) in [6, 6.07) is 14.9. The van der Waals surface area contributed by atoms with Gasteiger partial charge in [-0.05, 0) is 42.0 Å². The van der Waals surface area contributed by atoms with Crippen molar-refractivity contribution in [3.05, 3.63) is 59.2 Å². The number of rotatable bonds is 4. The minimum absolute atomic E-state index is 0.529. The molecule has 1 nitrogen and oxygen atoms in total. The summed E-state index contributed by atoms with van der Waals surface area (Å²) in [6.45, 7) is 7.32. The fraction of sp³-hybridized carbons (Fsp3) is 0.300. The monoisotopic (exact) mass is 278 g/mol. The molecule has 1 aliphatic rings. The second kappa shape index (κ2) is 5.77. The van der Waals surface area contributed by atoms with Crippen molar-refractivity contribution in [2.24, 2.45) is 5.92 Å². The fourth-order valence-electron chi connectivity index (χ4n) is 2.86. The van der Waals surface area contributed by atoms with Gasteiger partial charge in [-0.15, -0.1) is 0 Å². The zero-order valence-corrected chi connectivity index (χ0v) is 13.0. The molecule has 0 aliphatic heterocycles. The molecule has 1 heteroatoms. The van der Waals surface area contributed by atoms with E-state index < -0.39 is 0 Å². The van der Waals surface area contributed by atoms with Crippen LogP contribution >= 0.6 is 0 Å². The van der Waals surface area contributed by atoms with Crippen LogP contribution in [0.2, 0.25) is 0 Å². The molecular weight excluding hydrogens is 256 g/mol. The van der Waals surface area contributed by atoms with Gasteiger partial charge >= 0.3 is 0 Å². The normalized spacial score (nSPS) is 13.2. The van der Waals surface area contributed by atoms with Gasteiger partial charge in [0.15, 0.2) is 0 Å². The Hall–Kier alpha value is -2.02. The number of benzene rings is 2. The van der Waals surface area contributed by atoms with Crippen LogP contribution in [-0.4, -0.2) is 6.61 Å². The predicted molar refractivity (Wildman–Crippen MR) is 89.6 cm³/mol. The molecule has 0 fully saturated rings. The molecule has 0 spiro atoms. The zero-order valence-electron chi connectivity index (χ0n) is 13.0. The molecule has 2 aromatic carbocycles. The van der Waals surface area contributed by atoms with E-state index in [2.05, 4.69) is 69.3 Å². The maximum Gasteiger partial charge on any atom is 0.127 e. The molecule has 2 aromatic rings. The maximum absolute atomic E-state index is 6.09. The first-order valence-electron chi connectivity index (χ1n) is 7.66. The molecule has 0 saturated heterocycles. The van der Waals surface area contributed by atoms with E-state index >= 15 is 0 Å². The van der Waals surface area contributed by atoms with Gasteiger partial charge in [-0.3, -0.25) is 0 Å². The number of ether oxygens (including phenoxy) is 1. The van der Waals surface area contributed by atoms with Crippen molar-refractivity contribution in [2.75, 3.05) is 6.61 Å². The average molecular weight is 278 g/mol. The quantitative estimate of drug-likeness (QED) is 0.732. The second-order valence-corrected chi connectivity index (χ2v) is 6.24. The van der Waals surface area contributed by atoms with Crippen LogP contribution in [0.25, 0.3) is 17.2 Å². The lowest BCUT2D eigenvalue weighted by atomic mass is 9.95. The van der Waals surface area contributed by atoms with Gasteiger partial charge in [0.05, 0.1) is 6.61 Å². The lowest BCUT2D eigenvalue weighted by molar-refractivity contribution is 0.272. The predicted octanol–water partition coefficient (Wildman–Crippen LogP) is 5.35. The summed E-state index contributed by atoms with van der Waals surface area (Å²) in [5.74, 6) is 1.54. The molecule has 0 N–H and O–H groups in total. The molecular formula is C20H22O. The Morgan fingerprint density at radius 3 is 2.52 bits per heavy atom. The number of fused-ring (bicyclic) bond motifs is 1. The van der Waals surface area contributed by atoms with Crippen LogP contribution in [0, 0.1) is 5.92 Å². The number of hydrogen-bond donors (Lipinski definition) is 0. The van der Waals surface area contributed by atoms with Gasteiger partial charge in [0.1, 0.15) is 5.75 Å². The molecule has 3 rings (SSSR count). The van der Waals surface area contributed by atoms with Crippen LogP contribution in [0.1, 0.15) is 31.9 Å². The van der Waals surface area contributed by atoms with Crippen molar-refractivity contribution >= 4 is 6.08 Å². The van der Waals surface area contributed by atoms with Crippen LogP contribution in [0.4, 0.5) is 0 Å². The van der Waals surface area contributed by atoms with E-state index in [1.807, 2.05) is 0 Å². The first-order valence-corrected chi connectivity index (χ1v) is 7.66. The summed E-state index contributed by atoms with van der Waals surface area (Å²) in [4.78, 5) is 0. The summed E-state index contributed by atoms with van der Waals surface area (Å²) < 4.78 is 6.09. The lowest BCUT2D eigenvalue weighted by Gasteiger charge is -2.17. The highest BCUT2D eigenvalue weighted by Crippen LogP contribution is 2.40. The van der Waals surface area contributed by atoms with Gasteiger partial charge in [-0.25, -0.2) is 0 Å². The van der Waals surface area contributed by atoms with E-state index in [0.717, 1.165) is 18.8 Å². The lowest BCUT2D eigenvalue weighted by Crippen LogP contribution is -2.06. The molecule has 0 atom stereocenters. The van der Waals surface area contributed by atoms with E-state index in [4.69, 9.17) is 4.74 Å². The van der Waals surface area contributed by atoms with Crippen molar-refractivity contribution in [2.45, 2.75) is 27.2 Å². The topological polar surface area (TPSA) is 9.23 Å². The number of hydrogen-bond acceptors (Lipinski definition) is 1. The minimum atomic E-state index is 0.529. The molecule has 0 bridgehead atoms. The Morgan fingerprint density at radius 2 is 1.81 bits per heavy atom. The largest absolute Gasteiger partial charge is 0.493 e. The third-order valence-corrected chi connectivity index (χ3v) is 3.80. The standard InChI is InChI=1S/C20H22O/c1-14(2)13-21-19-10-9-17-11-15(3)12-18(17)20(19)16-7-5-4-6-8-16/h4-11,14H,12-13H2,1-3H3. The summed E-state index contributed by atoms with van der Waals surface area (Å²) in [6.07, 6.45) is 3.31. The third kappa shape index (κ3) is 2.87. The summed E-state index contributed by atoms with van der Waals surface area (Å²) in [5, 5.41) is 0. The third-order valence-electron chi connectivity index (χ3n) is 3.80. The Morgan fingerprint density at radius 1 is 1.05 bits per heavy atom. The van der Waals surface area contributed by atoms with Crippen LogP contribution < -0.4 is 4.74 Å². The van der Waals surface area contributed by atoms with E-state index in [9.17, 15) is 0 Å². The number of allylic oxidation sites excluding steroid dienone is 1. The van der Waals surface area contributed by atoms with Crippen molar-refractivity contribution in [1.82, 2.24) is 0 Å². The van der Waals surface area contributed by atoms with Crippen molar-refractivity contribution in [1.29, 1.82) is 0 Å². The van der Waals surface area contributed by atoms with Gasteiger partial charge in [0.2, 0.25) is 0 Å². The van der Waals surface area contributed by atoms with Crippen molar-refractivity contribution in [3.8, 4) is 16.9 Å². The van der Waals surface area contributed by atoms with Crippen LogP contribution in [0.3, 0.4) is 0 Å². The van der Waals surface area contributed by atoms with E-state index in [0.29, 0.717) is 5.92 Å². The Kier molecular flexibility index (Phi) is 3.83. The Labute approximate surface area is 127 Å². The van der Waals surface area contributed by atoms with Crippen LogP contribution in [-0.2, 0) is 6.42 Å². The zero-order chi connectivity index (χ0) is 14.8. The van der Waals surface area contributed by atoms with E-state index in [1.165, 1.54) is 27.8 Å². The van der Waals surface area contributed by atoms with Gasteiger partial charge in [-0.2, -0.15) is 0 Å². The summed E-state index contributed by atoms with van der Waals surface area (Å²) >= 11 is 0. The Balaban J connectivity index is 2.08. The van der Waals surface area contributed by atoms with Crippen molar-refractivity contribution in [3.63, 3.8) is 0 Å². The first kappa shape index (κ1) is 13.9. The highest BCUT2D eigenvalue weighted by molar-refractivity contribution is 5.81. The van der Waals surface area contributed by atoms with Crippen LogP contribution in [0.15, 0.2) is 48.0 Å². The molecule has 0 amide bonds. The molecule has 0 unspecified atom stereocenters. The van der Waals surface area contributed by atoms with E-state index in [1.54, 1.807) is 0 Å². The highest BCUT2D eigenvalue weighted by atomic mass is 16.5. The fourth-order valence-corrected chi connectivity index (χ4v) is 2.86. The highest BCUT2D eigenvalue weighted by Gasteiger charge is 2.19. The second-order valence-electron chi connectivity index (χ2n) is 6.24. The molecule has 0 aromatic heterocycles. The van der Waals surface area contributed by atoms with Gasteiger partial charge in [-0.1, -0.05) is 61.9 Å². The first-order chi connectivity index (χ1) is 10.1. The maximum atomic E-state index is 6.09. The molecule has 108 valence electrons. The summed E-state index contributed by atoms with van der Waals surface area (Å²) in [7, 11) is 0.